The number of rotatable bonds is 9. The summed E-state index contributed by atoms with van der Waals surface area (Å²) in [5, 5.41) is 3.03. The summed E-state index contributed by atoms with van der Waals surface area (Å²) in [4.78, 5) is 15.5. The average Bonchev–Trinajstić information content (AvgIpc) is 2.80. The van der Waals surface area contributed by atoms with Crippen molar-refractivity contribution in [3.63, 3.8) is 0 Å². The minimum Gasteiger partial charge on any atom is -0.497 e. The van der Waals surface area contributed by atoms with Gasteiger partial charge in [-0.15, -0.1) is 0 Å². The zero-order valence-electron chi connectivity index (χ0n) is 19.0. The van der Waals surface area contributed by atoms with Crippen molar-refractivity contribution < 1.29 is 17.9 Å². The van der Waals surface area contributed by atoms with Crippen molar-refractivity contribution in [2.45, 2.75) is 56.1 Å². The molecule has 0 spiro atoms. The van der Waals surface area contributed by atoms with Crippen molar-refractivity contribution >= 4 is 15.9 Å². The van der Waals surface area contributed by atoms with Crippen molar-refractivity contribution in [1.29, 1.82) is 0 Å². The number of ether oxygens (including phenoxy) is 1. The smallest absolute Gasteiger partial charge is 0.251 e. The minimum absolute atomic E-state index is 0.106. The van der Waals surface area contributed by atoms with Crippen LogP contribution < -0.4 is 14.8 Å². The zero-order chi connectivity index (χ0) is 23.1. The molecular weight excluding hydrogens is 426 g/mol. The van der Waals surface area contributed by atoms with Crippen LogP contribution in [0.1, 0.15) is 43.5 Å². The van der Waals surface area contributed by atoms with E-state index in [1.165, 1.54) is 6.42 Å². The van der Waals surface area contributed by atoms with Gasteiger partial charge in [-0.2, -0.15) is 0 Å². The normalized spacial score (nSPS) is 20.5. The van der Waals surface area contributed by atoms with Crippen molar-refractivity contribution in [3.8, 4) is 5.75 Å². The molecule has 3 rings (SSSR count). The predicted octanol–water partition coefficient (Wildman–Crippen LogP) is 3.04. The van der Waals surface area contributed by atoms with Crippen LogP contribution in [0.3, 0.4) is 0 Å². The maximum atomic E-state index is 12.9. The standard InChI is InChI=1S/C24H33N3O4S/c1-18-8-7-9-19(2)27(18)17-21(16-25-32(29,30)23-10-5-4-6-11-23)26-24(28)20-12-14-22(31-3)15-13-20/h4-6,10-15,18-19,21,25H,7-9,16-17H2,1-3H3,(H,26,28)/t18-,19+,21-/m0/s1. The Bertz CT molecular complexity index is 970. The van der Waals surface area contributed by atoms with E-state index < -0.39 is 10.0 Å². The first-order valence-electron chi connectivity index (χ1n) is 11.1. The van der Waals surface area contributed by atoms with Crippen molar-refractivity contribution in [2.24, 2.45) is 0 Å². The molecule has 2 aromatic carbocycles. The maximum Gasteiger partial charge on any atom is 0.251 e. The van der Waals surface area contributed by atoms with Gasteiger partial charge in [0.2, 0.25) is 10.0 Å². The van der Waals surface area contributed by atoms with Gasteiger partial charge in [-0.25, -0.2) is 13.1 Å². The lowest BCUT2D eigenvalue weighted by Crippen LogP contribution is -2.54. The lowest BCUT2D eigenvalue weighted by Gasteiger charge is -2.41. The summed E-state index contributed by atoms with van der Waals surface area (Å²) >= 11 is 0. The summed E-state index contributed by atoms with van der Waals surface area (Å²) in [6.45, 7) is 5.05. The van der Waals surface area contributed by atoms with Gasteiger partial charge in [0.05, 0.1) is 18.0 Å². The Morgan fingerprint density at radius 1 is 1.06 bits per heavy atom. The number of carbonyl (C=O) groups excluding carboxylic acids is 1. The summed E-state index contributed by atoms with van der Waals surface area (Å²) in [6.07, 6.45) is 3.38. The lowest BCUT2D eigenvalue weighted by molar-refractivity contribution is 0.0799. The first-order chi connectivity index (χ1) is 15.3. The number of amides is 1. The van der Waals surface area contributed by atoms with Crippen molar-refractivity contribution in [2.75, 3.05) is 20.2 Å². The van der Waals surface area contributed by atoms with Crippen LogP contribution in [-0.4, -0.2) is 57.5 Å². The highest BCUT2D eigenvalue weighted by atomic mass is 32.2. The number of methoxy groups -OCH3 is 1. The van der Waals surface area contributed by atoms with Gasteiger partial charge in [-0.05, 0) is 63.1 Å². The van der Waals surface area contributed by atoms with Crippen LogP contribution in [0, 0.1) is 0 Å². The molecule has 1 amide bonds. The highest BCUT2D eigenvalue weighted by molar-refractivity contribution is 7.89. The van der Waals surface area contributed by atoms with E-state index in [1.54, 1.807) is 61.7 Å². The minimum atomic E-state index is -3.67. The van der Waals surface area contributed by atoms with Crippen LogP contribution in [0.25, 0.3) is 0 Å². The second kappa shape index (κ2) is 10.9. The third kappa shape index (κ3) is 6.31. The van der Waals surface area contributed by atoms with Crippen molar-refractivity contribution in [3.05, 3.63) is 60.2 Å². The van der Waals surface area contributed by atoms with Crippen LogP contribution in [0.15, 0.2) is 59.5 Å². The van der Waals surface area contributed by atoms with Crippen LogP contribution in [0.4, 0.5) is 0 Å². The number of benzene rings is 2. The summed E-state index contributed by atoms with van der Waals surface area (Å²) in [6, 6.07) is 15.5. The number of carbonyl (C=O) groups is 1. The molecule has 0 aromatic heterocycles. The number of hydrogen-bond donors (Lipinski definition) is 2. The Hall–Kier alpha value is -2.42. The Balaban J connectivity index is 1.74. The molecule has 1 aliphatic heterocycles. The molecule has 0 bridgehead atoms. The fraction of sp³-hybridized carbons (Fsp3) is 0.458. The monoisotopic (exact) mass is 459 g/mol. The molecule has 1 heterocycles. The van der Waals surface area contributed by atoms with Gasteiger partial charge in [-0.3, -0.25) is 9.69 Å². The molecule has 7 nitrogen and oxygen atoms in total. The van der Waals surface area contributed by atoms with Gasteiger partial charge in [0.1, 0.15) is 5.75 Å². The van der Waals surface area contributed by atoms with E-state index in [0.29, 0.717) is 29.9 Å². The molecule has 174 valence electrons. The number of sulfonamides is 1. The molecule has 1 aliphatic rings. The summed E-state index contributed by atoms with van der Waals surface area (Å²) in [7, 11) is -2.09. The van der Waals surface area contributed by atoms with Gasteiger partial charge in [0.15, 0.2) is 0 Å². The van der Waals surface area contributed by atoms with Gasteiger partial charge < -0.3 is 10.1 Å². The molecule has 1 saturated heterocycles. The van der Waals surface area contributed by atoms with E-state index in [0.717, 1.165) is 12.8 Å². The molecule has 0 saturated carbocycles. The molecule has 2 aromatic rings. The molecule has 0 aliphatic carbocycles. The van der Waals surface area contributed by atoms with E-state index in [1.807, 2.05) is 0 Å². The fourth-order valence-electron chi connectivity index (χ4n) is 4.15. The molecule has 0 radical (unpaired) electrons. The second-order valence-corrected chi connectivity index (χ2v) is 10.2. The Labute approximate surface area is 191 Å². The van der Waals surface area contributed by atoms with Crippen LogP contribution in [0.5, 0.6) is 5.75 Å². The average molecular weight is 460 g/mol. The van der Waals surface area contributed by atoms with Gasteiger partial charge >= 0.3 is 0 Å². The van der Waals surface area contributed by atoms with Crippen LogP contribution in [-0.2, 0) is 10.0 Å². The van der Waals surface area contributed by atoms with E-state index in [4.69, 9.17) is 4.74 Å². The zero-order valence-corrected chi connectivity index (χ0v) is 19.8. The first kappa shape index (κ1) is 24.2. The SMILES string of the molecule is COc1ccc(C(=O)N[C@@H](CNS(=O)(=O)c2ccccc2)CN2[C@H](C)CCC[C@@H]2C)cc1. The van der Waals surface area contributed by atoms with E-state index in [2.05, 4.69) is 28.8 Å². The molecule has 32 heavy (non-hydrogen) atoms. The molecule has 2 N–H and O–H groups in total. The fourth-order valence-corrected chi connectivity index (χ4v) is 5.26. The second-order valence-electron chi connectivity index (χ2n) is 8.39. The van der Waals surface area contributed by atoms with Crippen LogP contribution in [0.2, 0.25) is 0 Å². The summed E-state index contributed by atoms with van der Waals surface area (Å²) in [5.74, 6) is 0.429. The molecule has 3 atom stereocenters. The van der Waals surface area contributed by atoms with Gasteiger partial charge in [-0.1, -0.05) is 24.6 Å². The topological polar surface area (TPSA) is 87.7 Å². The summed E-state index contributed by atoms with van der Waals surface area (Å²) < 4.78 is 33.3. The van der Waals surface area contributed by atoms with Crippen LogP contribution >= 0.6 is 0 Å². The lowest BCUT2D eigenvalue weighted by atomic mass is 9.97. The molecular formula is C24H33N3O4S. The van der Waals surface area contributed by atoms with E-state index in [-0.39, 0.29) is 23.4 Å². The van der Waals surface area contributed by atoms with Gasteiger partial charge in [0.25, 0.3) is 5.91 Å². The Morgan fingerprint density at radius 3 is 2.28 bits per heavy atom. The number of nitrogens with one attached hydrogen (secondary N) is 2. The quantitative estimate of drug-likeness (QED) is 0.602. The van der Waals surface area contributed by atoms with Crippen molar-refractivity contribution in [1.82, 2.24) is 14.9 Å². The number of piperidine rings is 1. The molecule has 8 heteroatoms. The van der Waals surface area contributed by atoms with E-state index >= 15 is 0 Å². The Morgan fingerprint density at radius 2 is 1.69 bits per heavy atom. The highest BCUT2D eigenvalue weighted by Crippen LogP contribution is 2.22. The maximum absolute atomic E-state index is 12.9. The molecule has 0 unspecified atom stereocenters. The van der Waals surface area contributed by atoms with E-state index in [9.17, 15) is 13.2 Å². The third-order valence-corrected chi connectivity index (χ3v) is 7.51. The largest absolute Gasteiger partial charge is 0.497 e. The number of nitrogens with zero attached hydrogens (tertiary/aromatic N) is 1. The molecule has 1 fully saturated rings. The third-order valence-electron chi connectivity index (χ3n) is 6.07. The predicted molar refractivity (Wildman–Crippen MR) is 125 cm³/mol. The Kier molecular flexibility index (Phi) is 8.28. The summed E-state index contributed by atoms with van der Waals surface area (Å²) in [5.41, 5.74) is 0.501. The highest BCUT2D eigenvalue weighted by Gasteiger charge is 2.28. The first-order valence-corrected chi connectivity index (χ1v) is 12.5. The number of likely N-dealkylation sites (tertiary alicyclic amines) is 1. The number of hydrogen-bond acceptors (Lipinski definition) is 5. The van der Waals surface area contributed by atoms with Gasteiger partial charge in [0, 0.05) is 30.7 Å².